The lowest BCUT2D eigenvalue weighted by molar-refractivity contribution is -0.507. The molecule has 0 spiro atoms. The Morgan fingerprint density at radius 3 is 1.47 bits per heavy atom. The van der Waals surface area contributed by atoms with E-state index in [1.807, 2.05) is 0 Å². The van der Waals surface area contributed by atoms with Gasteiger partial charge in [0.05, 0.1) is 0 Å². The van der Waals surface area contributed by atoms with Crippen molar-refractivity contribution < 1.29 is 49.3 Å². The van der Waals surface area contributed by atoms with Crippen molar-refractivity contribution in [1.82, 2.24) is 0 Å². The summed E-state index contributed by atoms with van der Waals surface area (Å²) in [7, 11) is 0. The average Bonchev–Trinajstić information content (AvgIpc) is 2.12. The molecule has 0 N–H and O–H groups in total. The molecule has 0 amide bonds. The smallest absolute Gasteiger partial charge is 0.340 e. The molecular weight excluding hydrogens is 275 g/mol. The molecule has 0 heterocycles. The van der Waals surface area contributed by atoms with Gasteiger partial charge in [-0.2, -0.15) is 39.5 Å². The molecule has 0 aliphatic heterocycles. The zero-order valence-corrected chi connectivity index (χ0v) is 7.50. The minimum absolute atomic E-state index is 0.0181. The van der Waals surface area contributed by atoms with Crippen LogP contribution < -0.4 is 0 Å². The quantitative estimate of drug-likeness (QED) is 0.331. The predicted molar refractivity (Wildman–Crippen MR) is 33.3 cm³/mol. The van der Waals surface area contributed by atoms with Crippen LogP contribution in [0.25, 0.3) is 0 Å². The van der Waals surface area contributed by atoms with Gasteiger partial charge in [-0.1, -0.05) is 6.58 Å². The first-order valence-electron chi connectivity index (χ1n) is 3.47. The van der Waals surface area contributed by atoms with Crippen molar-refractivity contribution in [3.63, 3.8) is 0 Å². The van der Waals surface area contributed by atoms with Gasteiger partial charge in [-0.15, -0.1) is 4.89 Å². The molecule has 0 saturated heterocycles. The van der Waals surface area contributed by atoms with Crippen LogP contribution in [0.2, 0.25) is 0 Å². The first-order valence-corrected chi connectivity index (χ1v) is 3.47. The van der Waals surface area contributed by atoms with Crippen LogP contribution in [0.5, 0.6) is 0 Å². The Morgan fingerprint density at radius 2 is 1.18 bits per heavy atom. The second-order valence-electron chi connectivity index (χ2n) is 2.51. The summed E-state index contributed by atoms with van der Waals surface area (Å²) in [6.45, 7) is 2.52. The maximum Gasteiger partial charge on any atom is 0.461 e. The topological polar surface area (TPSA) is 18.5 Å². The molecule has 0 fully saturated rings. The summed E-state index contributed by atoms with van der Waals surface area (Å²) in [5, 5.41) is 0. The molecule has 0 aromatic carbocycles. The van der Waals surface area contributed by atoms with Crippen molar-refractivity contribution >= 4 is 0 Å². The lowest BCUT2D eigenvalue weighted by Crippen LogP contribution is -2.61. The third-order valence-corrected chi connectivity index (χ3v) is 1.34. The van der Waals surface area contributed by atoms with Gasteiger partial charge in [-0.25, -0.2) is 0 Å². The van der Waals surface area contributed by atoms with Gasteiger partial charge < -0.3 is 4.89 Å². The molecule has 102 valence electrons. The molecule has 0 atom stereocenters. The molecule has 0 saturated carbocycles. The van der Waals surface area contributed by atoms with E-state index < -0.39 is 24.1 Å². The van der Waals surface area contributed by atoms with Crippen molar-refractivity contribution in [3.05, 3.63) is 12.8 Å². The van der Waals surface area contributed by atoms with Gasteiger partial charge in [0.25, 0.3) is 0 Å². The van der Waals surface area contributed by atoms with Crippen molar-refractivity contribution in [2.45, 2.75) is 24.1 Å². The fourth-order valence-electron chi connectivity index (χ4n) is 0.508. The van der Waals surface area contributed by atoms with Gasteiger partial charge >= 0.3 is 24.1 Å². The highest BCUT2D eigenvalue weighted by Gasteiger charge is 2.83. The Morgan fingerprint density at radius 1 is 0.765 bits per heavy atom. The zero-order chi connectivity index (χ0) is 14.1. The second kappa shape index (κ2) is 4.27. The Kier molecular flexibility index (Phi) is 3.99. The van der Waals surface area contributed by atoms with E-state index in [1.165, 1.54) is 0 Å². The molecule has 0 unspecified atom stereocenters. The first-order chi connectivity index (χ1) is 7.31. The van der Waals surface area contributed by atoms with Crippen LogP contribution in [0.1, 0.15) is 0 Å². The molecule has 2 nitrogen and oxygen atoms in total. The molecule has 0 aromatic heterocycles. The van der Waals surface area contributed by atoms with Gasteiger partial charge in [0.1, 0.15) is 6.26 Å². The van der Waals surface area contributed by atoms with E-state index in [4.69, 9.17) is 0 Å². The molecule has 0 aliphatic carbocycles. The van der Waals surface area contributed by atoms with E-state index in [2.05, 4.69) is 16.4 Å². The minimum atomic E-state index is -7.01. The zero-order valence-electron chi connectivity index (χ0n) is 7.50. The SMILES string of the molecule is C=COOC(F)(F)C(F)(F)C(F)(F)C(F)(F)F. The third kappa shape index (κ3) is 2.58. The van der Waals surface area contributed by atoms with Gasteiger partial charge in [0.15, 0.2) is 0 Å². The van der Waals surface area contributed by atoms with Crippen LogP contribution >= 0.6 is 0 Å². The second-order valence-corrected chi connectivity index (χ2v) is 2.51. The monoisotopic (exact) mass is 278 g/mol. The summed E-state index contributed by atoms with van der Waals surface area (Å²) in [6, 6.07) is 0. The standard InChI is InChI=1S/C6H3F9O2/c1-2-16-17-6(14,15)4(9,10)3(7,8)5(11,12)13/h2H,1H2. The van der Waals surface area contributed by atoms with E-state index in [9.17, 15) is 39.5 Å². The molecule has 0 radical (unpaired) electrons. The number of hydrogen-bond donors (Lipinski definition) is 0. The fourth-order valence-corrected chi connectivity index (χ4v) is 0.508. The van der Waals surface area contributed by atoms with Crippen LogP contribution in [0.15, 0.2) is 12.8 Å². The van der Waals surface area contributed by atoms with Gasteiger partial charge in [-0.3, -0.25) is 0 Å². The minimum Gasteiger partial charge on any atom is -0.340 e. The van der Waals surface area contributed by atoms with Crippen LogP contribution in [0.4, 0.5) is 39.5 Å². The highest BCUT2D eigenvalue weighted by atomic mass is 19.4. The molecule has 0 bridgehead atoms. The first kappa shape index (κ1) is 15.9. The van der Waals surface area contributed by atoms with E-state index in [1.54, 1.807) is 0 Å². The molecule has 0 aliphatic rings. The fraction of sp³-hybridized carbons (Fsp3) is 0.667. The van der Waals surface area contributed by atoms with Gasteiger partial charge in [-0.05, 0) is 0 Å². The van der Waals surface area contributed by atoms with Gasteiger partial charge in [0.2, 0.25) is 0 Å². The van der Waals surface area contributed by atoms with Crippen molar-refractivity contribution in [1.29, 1.82) is 0 Å². The molecule has 0 aromatic rings. The number of hydrogen-bond acceptors (Lipinski definition) is 2. The summed E-state index contributed by atoms with van der Waals surface area (Å²) >= 11 is 0. The van der Waals surface area contributed by atoms with Crippen molar-refractivity contribution in [3.8, 4) is 0 Å². The summed E-state index contributed by atoms with van der Waals surface area (Å²) in [6.07, 6.45) is -13.1. The van der Waals surface area contributed by atoms with Crippen molar-refractivity contribution in [2.75, 3.05) is 0 Å². The van der Waals surface area contributed by atoms with Crippen LogP contribution in [0, 0.1) is 0 Å². The maximum absolute atomic E-state index is 12.3. The number of halogens is 9. The Hall–Kier alpha value is -1.13. The summed E-state index contributed by atoms with van der Waals surface area (Å²) in [5.74, 6) is -13.9. The molecule has 11 heteroatoms. The normalized spacial score (nSPS) is 14.6. The number of rotatable bonds is 5. The molecule has 0 rings (SSSR count). The van der Waals surface area contributed by atoms with Crippen LogP contribution in [-0.2, 0) is 9.78 Å². The largest absolute Gasteiger partial charge is 0.461 e. The third-order valence-electron chi connectivity index (χ3n) is 1.34. The molecule has 17 heavy (non-hydrogen) atoms. The lowest BCUT2D eigenvalue weighted by Gasteiger charge is -2.31. The molecular formula is C6H3F9O2. The summed E-state index contributed by atoms with van der Waals surface area (Å²) < 4.78 is 108. The summed E-state index contributed by atoms with van der Waals surface area (Å²) in [4.78, 5) is 5.47. The average molecular weight is 278 g/mol. The highest BCUT2D eigenvalue weighted by molar-refractivity contribution is 4.96. The highest BCUT2D eigenvalue weighted by Crippen LogP contribution is 2.53. The van der Waals surface area contributed by atoms with E-state index in [0.717, 1.165) is 0 Å². The van der Waals surface area contributed by atoms with Crippen molar-refractivity contribution in [2.24, 2.45) is 0 Å². The van der Waals surface area contributed by atoms with E-state index in [-0.39, 0.29) is 6.26 Å². The van der Waals surface area contributed by atoms with E-state index in [0.29, 0.717) is 0 Å². The van der Waals surface area contributed by atoms with E-state index >= 15 is 0 Å². The maximum atomic E-state index is 12.3. The van der Waals surface area contributed by atoms with Crippen LogP contribution in [0.3, 0.4) is 0 Å². The summed E-state index contributed by atoms with van der Waals surface area (Å²) in [5.41, 5.74) is 0. The van der Waals surface area contributed by atoms with Crippen LogP contribution in [-0.4, -0.2) is 24.1 Å². The van der Waals surface area contributed by atoms with Gasteiger partial charge in [0, 0.05) is 0 Å². The number of alkyl halides is 9. The Bertz CT molecular complexity index is 282. The predicted octanol–water partition coefficient (Wildman–Crippen LogP) is 3.50. The Labute approximate surface area is 87.5 Å². The lowest BCUT2D eigenvalue weighted by atomic mass is 10.1. The Balaban J connectivity index is 5.31.